The number of aliphatic hydroxyl groups excluding tert-OH is 1. The first-order valence-electron chi connectivity index (χ1n) is 19.7. The van der Waals surface area contributed by atoms with E-state index in [1.54, 1.807) is 18.9 Å². The molecule has 3 saturated heterocycles. The van der Waals surface area contributed by atoms with E-state index >= 15 is 4.79 Å². The molecule has 4 N–H and O–H groups in total. The second-order valence-electron chi connectivity index (χ2n) is 17.4. The van der Waals surface area contributed by atoms with Crippen LogP contribution in [0.5, 0.6) is 28.7 Å². The summed E-state index contributed by atoms with van der Waals surface area (Å²) in [5.74, 6) is 1.44. The predicted octanol–water partition coefficient (Wildman–Crippen LogP) is 5.06. The lowest BCUT2D eigenvalue weighted by Crippen LogP contribution is -2.67. The van der Waals surface area contributed by atoms with Crippen molar-refractivity contribution in [2.75, 3.05) is 39.4 Å². The topological polar surface area (TPSA) is 155 Å². The van der Waals surface area contributed by atoms with Crippen LogP contribution in [0.15, 0.2) is 30.3 Å². The number of nitrogens with zero attached hydrogens (tertiary/aromatic N) is 2. The third-order valence-electron chi connectivity index (χ3n) is 14.2. The number of ether oxygens (including phenoxy) is 5. The Kier molecular flexibility index (Phi) is 7.39. The van der Waals surface area contributed by atoms with E-state index < -0.39 is 45.9 Å². The van der Waals surface area contributed by atoms with Gasteiger partial charge in [0, 0.05) is 75.5 Å². The Hall–Kier alpha value is -4.47. The number of nitrogens with one attached hydrogen (secondary N) is 2. The molecular weight excluding hydrogens is 749 g/mol. The monoisotopic (exact) mass is 794 g/mol. The molecule has 0 radical (unpaired) electrons. The lowest BCUT2D eigenvalue weighted by atomic mass is 9.72. The zero-order valence-corrected chi connectivity index (χ0v) is 33.6. The van der Waals surface area contributed by atoms with Crippen molar-refractivity contribution in [3.05, 3.63) is 75.0 Å². The third kappa shape index (κ3) is 4.40. The Morgan fingerprint density at radius 1 is 1.09 bits per heavy atom. The number of aryl methyl sites for hydroxylation is 1. The Morgan fingerprint density at radius 3 is 2.65 bits per heavy atom. The number of para-hydroxylation sites is 1. The molecule has 0 aliphatic carbocycles. The number of aromatic amines is 1. The number of carbonyl (C=O) groups is 2. The SMILES string of the molecule is COc1c(C)cc2c(c1O)[C@@H]1[C@@H]3[C@@H]4SC[C@]5(N[C@@H](CO)Cc6c5[nH]c5ccccc65)C(=O)OC[C@@H](c5c6c(c(C)c(OC(C)=O)c54)OCO6)N3C3(C)CN1[C@]2(C)C3. The Labute approximate surface area is 333 Å². The maximum absolute atomic E-state index is 15.1. The van der Waals surface area contributed by atoms with Gasteiger partial charge in [-0.2, -0.15) is 0 Å². The van der Waals surface area contributed by atoms with E-state index in [0.717, 1.165) is 56.4 Å². The van der Waals surface area contributed by atoms with Crippen molar-refractivity contribution in [2.45, 2.75) is 93.5 Å². The summed E-state index contributed by atoms with van der Waals surface area (Å²) in [6.07, 6.45) is 1.29. The maximum Gasteiger partial charge on any atom is 0.333 e. The van der Waals surface area contributed by atoms with Crippen LogP contribution in [0.4, 0.5) is 0 Å². The third-order valence-corrected chi connectivity index (χ3v) is 15.7. The van der Waals surface area contributed by atoms with E-state index in [1.807, 2.05) is 38.1 Å². The minimum absolute atomic E-state index is 0.00472. The van der Waals surface area contributed by atoms with Gasteiger partial charge in [0.05, 0.1) is 36.7 Å². The number of thioether (sulfide) groups is 1. The molecule has 12 rings (SSSR count). The second-order valence-corrected chi connectivity index (χ2v) is 18.5. The van der Waals surface area contributed by atoms with Gasteiger partial charge in [0.2, 0.25) is 6.79 Å². The molecule has 0 amide bonds. The van der Waals surface area contributed by atoms with Gasteiger partial charge in [-0.1, -0.05) is 18.2 Å². The molecule has 8 aliphatic rings. The highest BCUT2D eigenvalue weighted by atomic mass is 32.2. The van der Waals surface area contributed by atoms with Gasteiger partial charge in [-0.05, 0) is 69.4 Å². The second kappa shape index (κ2) is 11.8. The number of phenolic OH excluding ortho intramolecular Hbond substituents is 1. The number of hydrogen-bond acceptors (Lipinski definition) is 13. The van der Waals surface area contributed by atoms with E-state index in [-0.39, 0.29) is 43.6 Å². The zero-order chi connectivity index (χ0) is 39.5. The van der Waals surface area contributed by atoms with Crippen molar-refractivity contribution < 1.29 is 43.5 Å². The van der Waals surface area contributed by atoms with E-state index in [1.165, 1.54) is 6.92 Å². The number of rotatable bonds is 3. The van der Waals surface area contributed by atoms with Crippen molar-refractivity contribution in [3.8, 4) is 28.7 Å². The van der Waals surface area contributed by atoms with Gasteiger partial charge in [0.25, 0.3) is 0 Å². The number of esters is 2. The molecule has 8 aliphatic heterocycles. The molecule has 1 aromatic heterocycles. The fraction of sp³-hybridized carbons (Fsp3) is 0.488. The van der Waals surface area contributed by atoms with Crippen LogP contribution in [0, 0.1) is 13.8 Å². The van der Waals surface area contributed by atoms with Gasteiger partial charge < -0.3 is 38.9 Å². The van der Waals surface area contributed by atoms with Crippen LogP contribution in [-0.4, -0.2) is 94.0 Å². The first-order chi connectivity index (χ1) is 27.3. The minimum atomic E-state index is -1.36. The van der Waals surface area contributed by atoms with Gasteiger partial charge in [0.15, 0.2) is 28.5 Å². The lowest BCUT2D eigenvalue weighted by molar-refractivity contribution is -0.158. The Balaban J connectivity index is 1.19. The summed E-state index contributed by atoms with van der Waals surface area (Å²) in [7, 11) is 1.59. The molecule has 3 fully saturated rings. The van der Waals surface area contributed by atoms with Crippen molar-refractivity contribution >= 4 is 34.6 Å². The van der Waals surface area contributed by atoms with Gasteiger partial charge >= 0.3 is 11.9 Å². The normalized spacial score (nSPS) is 33.2. The van der Waals surface area contributed by atoms with Crippen LogP contribution < -0.4 is 24.3 Å². The minimum Gasteiger partial charge on any atom is -0.504 e. The molecule has 4 bridgehead atoms. The highest BCUT2D eigenvalue weighted by Gasteiger charge is 2.71. The van der Waals surface area contributed by atoms with Crippen molar-refractivity contribution in [3.63, 3.8) is 0 Å². The molecular formula is C43H46N4O9S. The molecule has 1 spiro atoms. The standard InChI is InChI=1S/C43H46N4O9S/c1-19-11-25-28(33(50)34(19)52-6)31-32-38-30-29(37-36(54-18-55-37)20(2)35(30)56-21(3)49)27(47(32)41(4)15-42(25,5)46(31)16-41)14-53-40(51)43(17-57-38)39-24(12-22(13-48)45-43)23-9-7-8-10-26(23)44-39/h7-11,22,27,31-32,38,44-45,48,50H,12-18H2,1-6H3/t22-,27+,31-,32-,38-,41?,42-,43-/m1/s1. The molecule has 8 atom stereocenters. The average molecular weight is 795 g/mol. The molecule has 4 aromatic rings. The van der Waals surface area contributed by atoms with E-state index in [2.05, 4.69) is 40.0 Å². The predicted molar refractivity (Wildman–Crippen MR) is 210 cm³/mol. The number of methoxy groups -OCH3 is 1. The summed E-state index contributed by atoms with van der Waals surface area (Å²) in [5, 5.41) is 27.1. The number of aromatic nitrogens is 1. The van der Waals surface area contributed by atoms with Crippen LogP contribution in [0.1, 0.15) is 89.2 Å². The molecule has 0 saturated carbocycles. The summed E-state index contributed by atoms with van der Waals surface area (Å²) < 4.78 is 31.2. The largest absolute Gasteiger partial charge is 0.504 e. The Bertz CT molecular complexity index is 2470. The molecule has 3 aromatic carbocycles. The fourth-order valence-electron chi connectivity index (χ4n) is 12.3. The number of aliphatic hydroxyl groups is 1. The molecule has 57 heavy (non-hydrogen) atoms. The van der Waals surface area contributed by atoms with E-state index in [4.69, 9.17) is 23.7 Å². The fourth-order valence-corrected chi connectivity index (χ4v) is 13.9. The first kappa shape index (κ1) is 35.7. The molecule has 1 unspecified atom stereocenters. The highest BCUT2D eigenvalue weighted by Crippen LogP contribution is 2.71. The quantitative estimate of drug-likeness (QED) is 0.162. The number of aromatic hydroxyl groups is 1. The number of hydrogen-bond donors (Lipinski definition) is 4. The number of piperazine rings is 1. The van der Waals surface area contributed by atoms with Crippen LogP contribution in [0.2, 0.25) is 0 Å². The van der Waals surface area contributed by atoms with Crippen molar-refractivity contribution in [1.29, 1.82) is 0 Å². The number of carbonyl (C=O) groups excluding carboxylic acids is 2. The summed E-state index contributed by atoms with van der Waals surface area (Å²) in [6, 6.07) is 8.62. The van der Waals surface area contributed by atoms with E-state index in [0.29, 0.717) is 41.5 Å². The summed E-state index contributed by atoms with van der Waals surface area (Å²) in [4.78, 5) is 36.9. The molecule has 13 nitrogen and oxygen atoms in total. The number of phenols is 1. The number of H-pyrrole nitrogens is 1. The van der Waals surface area contributed by atoms with E-state index in [9.17, 15) is 15.0 Å². The summed E-state index contributed by atoms with van der Waals surface area (Å²) >= 11 is 1.60. The molecule has 9 heterocycles. The summed E-state index contributed by atoms with van der Waals surface area (Å²) in [6.45, 7) is 10.4. The van der Waals surface area contributed by atoms with Crippen molar-refractivity contribution in [2.24, 2.45) is 0 Å². The van der Waals surface area contributed by atoms with Crippen molar-refractivity contribution in [1.82, 2.24) is 20.1 Å². The van der Waals surface area contributed by atoms with Crippen LogP contribution in [-0.2, 0) is 31.8 Å². The summed E-state index contributed by atoms with van der Waals surface area (Å²) in [5.41, 5.74) is 5.51. The number of fused-ring (bicyclic) bond motifs is 11. The first-order valence-corrected chi connectivity index (χ1v) is 20.8. The van der Waals surface area contributed by atoms with Crippen LogP contribution in [0.3, 0.4) is 0 Å². The number of benzene rings is 3. The lowest BCUT2D eigenvalue weighted by Gasteiger charge is -2.60. The van der Waals surface area contributed by atoms with Gasteiger partial charge in [0.1, 0.15) is 12.4 Å². The highest BCUT2D eigenvalue weighted by molar-refractivity contribution is 7.99. The van der Waals surface area contributed by atoms with Crippen LogP contribution >= 0.6 is 11.8 Å². The Morgan fingerprint density at radius 2 is 1.88 bits per heavy atom. The average Bonchev–Trinajstić information content (AvgIpc) is 3.93. The molecule has 298 valence electrons. The maximum atomic E-state index is 15.1. The van der Waals surface area contributed by atoms with Gasteiger partial charge in [-0.15, -0.1) is 11.8 Å². The molecule has 14 heteroatoms. The smallest absolute Gasteiger partial charge is 0.333 e. The van der Waals surface area contributed by atoms with Gasteiger partial charge in [-0.3, -0.25) is 19.9 Å². The van der Waals surface area contributed by atoms with Gasteiger partial charge in [-0.25, -0.2) is 4.79 Å². The van der Waals surface area contributed by atoms with Crippen LogP contribution in [0.25, 0.3) is 10.9 Å². The zero-order valence-electron chi connectivity index (χ0n) is 32.8.